The van der Waals surface area contributed by atoms with E-state index in [1.807, 2.05) is 0 Å². The van der Waals surface area contributed by atoms with Crippen molar-refractivity contribution in [2.75, 3.05) is 4.72 Å². The van der Waals surface area contributed by atoms with Gasteiger partial charge in [-0.3, -0.25) is 9.52 Å². The van der Waals surface area contributed by atoms with Crippen molar-refractivity contribution in [3.8, 4) is 11.3 Å². The first kappa shape index (κ1) is 17.8. The zero-order valence-corrected chi connectivity index (χ0v) is 14.9. The fraction of sp³-hybridized carbons (Fsp3) is 0.111. The van der Waals surface area contributed by atoms with E-state index in [1.54, 1.807) is 26.0 Å². The van der Waals surface area contributed by atoms with Gasteiger partial charge in [0, 0.05) is 11.6 Å². The van der Waals surface area contributed by atoms with E-state index < -0.39 is 15.8 Å². The monoisotopic (exact) mass is 373 g/mol. The van der Waals surface area contributed by atoms with Crippen molar-refractivity contribution in [3.05, 3.63) is 75.8 Å². The summed E-state index contributed by atoms with van der Waals surface area (Å²) in [6, 6.07) is 11.8. The number of anilines is 1. The van der Waals surface area contributed by atoms with Crippen molar-refractivity contribution >= 4 is 15.7 Å². The summed E-state index contributed by atoms with van der Waals surface area (Å²) in [5, 5.41) is 6.21. The largest absolute Gasteiger partial charge is 0.280 e. The van der Waals surface area contributed by atoms with E-state index in [-0.39, 0.29) is 16.1 Å². The van der Waals surface area contributed by atoms with Crippen LogP contribution in [-0.4, -0.2) is 18.6 Å². The quantitative estimate of drug-likeness (QED) is 0.735. The molecule has 2 N–H and O–H groups in total. The molecule has 0 saturated heterocycles. The number of benzene rings is 2. The molecule has 0 amide bonds. The van der Waals surface area contributed by atoms with Gasteiger partial charge < -0.3 is 0 Å². The number of nitrogens with zero attached hydrogens (tertiary/aromatic N) is 1. The van der Waals surface area contributed by atoms with Gasteiger partial charge in [0.15, 0.2) is 0 Å². The van der Waals surface area contributed by atoms with Crippen LogP contribution in [0, 0.1) is 19.7 Å². The molecule has 2 aromatic carbocycles. The second kappa shape index (κ2) is 6.72. The number of nitrogens with one attached hydrogen (secondary N) is 2. The van der Waals surface area contributed by atoms with Crippen LogP contribution in [0.5, 0.6) is 0 Å². The van der Waals surface area contributed by atoms with E-state index in [2.05, 4.69) is 14.9 Å². The molecule has 134 valence electrons. The summed E-state index contributed by atoms with van der Waals surface area (Å²) in [5.41, 5.74) is 1.70. The van der Waals surface area contributed by atoms with Gasteiger partial charge in [-0.15, -0.1) is 0 Å². The van der Waals surface area contributed by atoms with Gasteiger partial charge >= 0.3 is 0 Å². The summed E-state index contributed by atoms with van der Waals surface area (Å²) in [6.45, 7) is 3.26. The number of aromatic nitrogens is 2. The van der Waals surface area contributed by atoms with E-state index >= 15 is 0 Å². The molecular weight excluding hydrogens is 357 g/mol. The summed E-state index contributed by atoms with van der Waals surface area (Å²) >= 11 is 0. The van der Waals surface area contributed by atoms with Gasteiger partial charge in [0.2, 0.25) is 0 Å². The summed E-state index contributed by atoms with van der Waals surface area (Å²) in [4.78, 5) is 11.2. The van der Waals surface area contributed by atoms with Gasteiger partial charge in [-0.25, -0.2) is 17.9 Å². The lowest BCUT2D eigenvalue weighted by Crippen LogP contribution is -2.15. The highest BCUT2D eigenvalue weighted by Gasteiger charge is 2.19. The molecule has 1 heterocycles. The Bertz CT molecular complexity index is 1120. The first-order valence-corrected chi connectivity index (χ1v) is 9.20. The van der Waals surface area contributed by atoms with Crippen molar-refractivity contribution in [3.63, 3.8) is 0 Å². The number of hydrogen-bond donors (Lipinski definition) is 2. The number of aryl methyl sites for hydroxylation is 2. The minimum absolute atomic E-state index is 0.0454. The average Bonchev–Trinajstić information content (AvgIpc) is 2.59. The molecule has 0 atom stereocenters. The fourth-order valence-corrected chi connectivity index (χ4v) is 3.74. The standard InChI is InChI=1S/C18H16FN3O3S/c1-11-4-6-14(10-15(11)19)22-26(24,25)17-9-13(5-3-12(17)2)16-7-8-18(23)21-20-16/h3-10,22H,1-2H3,(H,21,23). The Morgan fingerprint density at radius 1 is 1.00 bits per heavy atom. The van der Waals surface area contributed by atoms with E-state index in [9.17, 15) is 17.6 Å². The van der Waals surface area contributed by atoms with Crippen molar-refractivity contribution in [2.45, 2.75) is 18.7 Å². The SMILES string of the molecule is Cc1ccc(NS(=O)(=O)c2cc(-c3ccc(=O)[nH]n3)ccc2C)cc1F. The number of hydrogen-bond acceptors (Lipinski definition) is 4. The molecule has 0 radical (unpaired) electrons. The van der Waals surface area contributed by atoms with Crippen molar-refractivity contribution in [1.82, 2.24) is 10.2 Å². The van der Waals surface area contributed by atoms with Crippen LogP contribution < -0.4 is 10.3 Å². The molecule has 0 aliphatic rings. The molecule has 0 fully saturated rings. The Morgan fingerprint density at radius 3 is 2.38 bits per heavy atom. The lowest BCUT2D eigenvalue weighted by molar-refractivity contribution is 0.600. The Labute approximate surface area is 149 Å². The molecule has 3 aromatic rings. The Hall–Kier alpha value is -3.00. The average molecular weight is 373 g/mol. The highest BCUT2D eigenvalue weighted by molar-refractivity contribution is 7.92. The van der Waals surface area contributed by atoms with Gasteiger partial charge in [-0.05, 0) is 49.2 Å². The van der Waals surface area contributed by atoms with Gasteiger partial charge in [0.1, 0.15) is 5.82 Å². The zero-order chi connectivity index (χ0) is 18.9. The Kier molecular flexibility index (Phi) is 4.60. The third kappa shape index (κ3) is 3.65. The van der Waals surface area contributed by atoms with E-state index in [4.69, 9.17) is 0 Å². The molecule has 3 rings (SSSR count). The zero-order valence-electron chi connectivity index (χ0n) is 14.1. The van der Waals surface area contributed by atoms with Crippen LogP contribution in [0.25, 0.3) is 11.3 Å². The van der Waals surface area contributed by atoms with Crippen LogP contribution in [-0.2, 0) is 10.0 Å². The number of sulfonamides is 1. The number of rotatable bonds is 4. The minimum Gasteiger partial charge on any atom is -0.280 e. The first-order chi connectivity index (χ1) is 12.3. The number of aromatic amines is 1. The van der Waals surface area contributed by atoms with Crippen LogP contribution in [0.1, 0.15) is 11.1 Å². The van der Waals surface area contributed by atoms with Crippen molar-refractivity contribution in [1.29, 1.82) is 0 Å². The summed E-state index contributed by atoms with van der Waals surface area (Å²) < 4.78 is 41.6. The molecule has 26 heavy (non-hydrogen) atoms. The maximum absolute atomic E-state index is 13.7. The first-order valence-electron chi connectivity index (χ1n) is 7.72. The second-order valence-corrected chi connectivity index (χ2v) is 7.51. The smallest absolute Gasteiger partial charge is 0.264 e. The van der Waals surface area contributed by atoms with Gasteiger partial charge in [-0.1, -0.05) is 18.2 Å². The molecule has 0 aliphatic carbocycles. The third-order valence-corrected chi connectivity index (χ3v) is 5.40. The predicted octanol–water partition coefficient (Wildman–Crippen LogP) is 2.99. The Morgan fingerprint density at radius 2 is 1.73 bits per heavy atom. The van der Waals surface area contributed by atoms with Crippen molar-refractivity contribution in [2.24, 2.45) is 0 Å². The summed E-state index contributed by atoms with van der Waals surface area (Å²) in [5.74, 6) is -0.492. The fourth-order valence-electron chi connectivity index (χ4n) is 2.42. The second-order valence-electron chi connectivity index (χ2n) is 5.86. The van der Waals surface area contributed by atoms with E-state index in [1.165, 1.54) is 30.3 Å². The number of H-pyrrole nitrogens is 1. The van der Waals surface area contributed by atoms with Crippen LogP contribution >= 0.6 is 0 Å². The summed E-state index contributed by atoms with van der Waals surface area (Å²) in [6.07, 6.45) is 0. The van der Waals surface area contributed by atoms with Crippen LogP contribution in [0.4, 0.5) is 10.1 Å². The highest BCUT2D eigenvalue weighted by Crippen LogP contribution is 2.25. The maximum atomic E-state index is 13.7. The minimum atomic E-state index is -3.93. The molecule has 0 saturated carbocycles. The Balaban J connectivity index is 2.01. The molecule has 0 spiro atoms. The third-order valence-electron chi connectivity index (χ3n) is 3.88. The van der Waals surface area contributed by atoms with Gasteiger partial charge in [-0.2, -0.15) is 5.10 Å². The van der Waals surface area contributed by atoms with Crippen LogP contribution in [0.15, 0.2) is 58.2 Å². The molecule has 1 aromatic heterocycles. The van der Waals surface area contributed by atoms with E-state index in [0.717, 1.165) is 6.07 Å². The van der Waals surface area contributed by atoms with Gasteiger partial charge in [0.25, 0.3) is 15.6 Å². The topological polar surface area (TPSA) is 91.9 Å². The van der Waals surface area contributed by atoms with E-state index in [0.29, 0.717) is 22.4 Å². The van der Waals surface area contributed by atoms with Gasteiger partial charge in [0.05, 0.1) is 16.3 Å². The molecule has 8 heteroatoms. The normalized spacial score (nSPS) is 11.3. The van der Waals surface area contributed by atoms with Crippen molar-refractivity contribution < 1.29 is 12.8 Å². The number of halogens is 1. The molecule has 6 nitrogen and oxygen atoms in total. The predicted molar refractivity (Wildman–Crippen MR) is 97.0 cm³/mol. The lowest BCUT2D eigenvalue weighted by Gasteiger charge is -2.12. The van der Waals surface area contributed by atoms with Crippen LogP contribution in [0.2, 0.25) is 0 Å². The highest BCUT2D eigenvalue weighted by atomic mass is 32.2. The van der Waals surface area contributed by atoms with Crippen LogP contribution in [0.3, 0.4) is 0 Å². The maximum Gasteiger partial charge on any atom is 0.264 e. The molecule has 0 bridgehead atoms. The molecule has 0 unspecified atom stereocenters. The molecular formula is C18H16FN3O3S. The molecule has 0 aliphatic heterocycles. The lowest BCUT2D eigenvalue weighted by atomic mass is 10.1. The summed E-state index contributed by atoms with van der Waals surface area (Å²) in [7, 11) is -3.93.